The molecular weight excluding hydrogens is 408 g/mol. The summed E-state index contributed by atoms with van der Waals surface area (Å²) in [5, 5.41) is 30.0. The van der Waals surface area contributed by atoms with Crippen LogP contribution in [0, 0.1) is 5.92 Å². The molecule has 170 valence electrons. The van der Waals surface area contributed by atoms with Crippen LogP contribution in [0.2, 0.25) is 0 Å². The summed E-state index contributed by atoms with van der Waals surface area (Å²) in [6.07, 6.45) is -0.945. The second-order valence-electron chi connectivity index (χ2n) is 7.62. The first-order valence-electron chi connectivity index (χ1n) is 9.84. The maximum absolute atomic E-state index is 12.6. The molecule has 1 fully saturated rings. The molecule has 1 aliphatic carbocycles. The third-order valence-corrected chi connectivity index (χ3v) is 5.32. The van der Waals surface area contributed by atoms with E-state index in [1.165, 1.54) is 0 Å². The van der Waals surface area contributed by atoms with Crippen LogP contribution in [0.5, 0.6) is 0 Å². The molecule has 9 nitrogen and oxygen atoms in total. The van der Waals surface area contributed by atoms with Crippen LogP contribution in [0.4, 0.5) is 0 Å². The molecule has 1 saturated heterocycles. The summed E-state index contributed by atoms with van der Waals surface area (Å²) in [7, 11) is 0. The van der Waals surface area contributed by atoms with Crippen LogP contribution < -0.4 is 0 Å². The average Bonchev–Trinajstić information content (AvgIpc) is 3.00. The molecule has 1 heterocycles. The molecule has 0 amide bonds. The Morgan fingerprint density at radius 3 is 2.65 bits per heavy atom. The molecule has 0 aromatic carbocycles. The summed E-state index contributed by atoms with van der Waals surface area (Å²) in [5.74, 6) is -2.91. The normalized spacial score (nSPS) is 27.5. The largest absolute Gasteiger partial charge is 0.512 e. The zero-order valence-corrected chi connectivity index (χ0v) is 17.6. The van der Waals surface area contributed by atoms with E-state index < -0.39 is 48.7 Å². The Bertz CT molecular complexity index is 836. The van der Waals surface area contributed by atoms with Gasteiger partial charge in [0, 0.05) is 25.3 Å². The number of fused-ring (bicyclic) bond motifs is 1. The van der Waals surface area contributed by atoms with Crippen LogP contribution in [0.15, 0.2) is 47.3 Å². The predicted molar refractivity (Wildman–Crippen MR) is 109 cm³/mol. The number of aliphatic hydroxyl groups is 3. The van der Waals surface area contributed by atoms with E-state index in [1.54, 1.807) is 13.0 Å². The van der Waals surface area contributed by atoms with Gasteiger partial charge in [0.25, 0.3) is 0 Å². The highest BCUT2D eigenvalue weighted by Gasteiger charge is 2.45. The Morgan fingerprint density at radius 1 is 1.35 bits per heavy atom. The molecule has 4 atom stereocenters. The number of aliphatic hydroxyl groups excluding tert-OH is 3. The first kappa shape index (κ1) is 24.4. The van der Waals surface area contributed by atoms with Crippen LogP contribution in [0.1, 0.15) is 33.1 Å². The maximum Gasteiger partial charge on any atom is 0.336 e. The fraction of sp³-hybridized carbons (Fsp3) is 0.500. The average molecular weight is 436 g/mol. The molecule has 2 aliphatic rings. The van der Waals surface area contributed by atoms with Crippen LogP contribution in [-0.2, 0) is 28.6 Å². The van der Waals surface area contributed by atoms with E-state index in [1.807, 2.05) is 0 Å². The smallest absolute Gasteiger partial charge is 0.336 e. The molecule has 2 rings (SSSR count). The first-order valence-corrected chi connectivity index (χ1v) is 9.84. The van der Waals surface area contributed by atoms with Crippen LogP contribution in [-0.4, -0.2) is 64.8 Å². The zero-order chi connectivity index (χ0) is 23.3. The van der Waals surface area contributed by atoms with Gasteiger partial charge in [0.2, 0.25) is 0 Å². The van der Waals surface area contributed by atoms with Crippen molar-refractivity contribution in [1.29, 1.82) is 0 Å². The lowest BCUT2D eigenvalue weighted by atomic mass is 9.85. The van der Waals surface area contributed by atoms with E-state index >= 15 is 0 Å². The van der Waals surface area contributed by atoms with Gasteiger partial charge in [-0.1, -0.05) is 13.2 Å². The number of esters is 3. The quantitative estimate of drug-likeness (QED) is 0.244. The molecular formula is C22H28O9. The van der Waals surface area contributed by atoms with Gasteiger partial charge < -0.3 is 29.5 Å². The van der Waals surface area contributed by atoms with Crippen molar-refractivity contribution in [3.8, 4) is 0 Å². The summed E-state index contributed by atoms with van der Waals surface area (Å²) in [5.41, 5.74) is 0.859. The molecule has 31 heavy (non-hydrogen) atoms. The minimum absolute atomic E-state index is 0.0865. The number of allylic oxidation sites excluding steroid dienone is 1. The zero-order valence-electron chi connectivity index (χ0n) is 17.6. The van der Waals surface area contributed by atoms with E-state index in [2.05, 4.69) is 17.9 Å². The fourth-order valence-electron chi connectivity index (χ4n) is 3.43. The molecule has 9 heteroatoms. The van der Waals surface area contributed by atoms with Crippen molar-refractivity contribution in [2.24, 2.45) is 5.92 Å². The van der Waals surface area contributed by atoms with Gasteiger partial charge in [0.1, 0.15) is 24.9 Å². The number of carbonyl (C=O) groups excluding carboxylic acids is 3. The third-order valence-electron chi connectivity index (χ3n) is 5.32. The molecule has 0 aromatic rings. The van der Waals surface area contributed by atoms with Gasteiger partial charge in [-0.25, -0.2) is 9.59 Å². The lowest BCUT2D eigenvalue weighted by Crippen LogP contribution is -2.35. The summed E-state index contributed by atoms with van der Waals surface area (Å²) < 4.78 is 15.6. The number of carbonyl (C=O) groups is 3. The number of ether oxygens (including phenoxy) is 3. The van der Waals surface area contributed by atoms with Crippen molar-refractivity contribution in [2.75, 3.05) is 13.2 Å². The van der Waals surface area contributed by atoms with Crippen molar-refractivity contribution in [1.82, 2.24) is 0 Å². The highest BCUT2D eigenvalue weighted by molar-refractivity contribution is 5.92. The standard InChI is InChI=1S/C22H28O9/c1-11-7-18(30-21(27)12(2)17(26)10-29-14(4)24)20-13(3)22(28)31-19(20)8-15(9-23)5-6-16(11)25/h8,17-20,23,25-26H,2-3,5-7,9-10H2,1,4H3/b15-8?,16-11+/t17-,18-,19+,20+/m0/s1. The highest BCUT2D eigenvalue weighted by Crippen LogP contribution is 2.37. The second kappa shape index (κ2) is 10.4. The molecule has 0 aromatic heterocycles. The Labute approximate surface area is 180 Å². The molecule has 0 spiro atoms. The van der Waals surface area contributed by atoms with Crippen LogP contribution in [0.25, 0.3) is 0 Å². The highest BCUT2D eigenvalue weighted by atomic mass is 16.6. The van der Waals surface area contributed by atoms with Gasteiger partial charge in [-0.3, -0.25) is 4.79 Å². The topological polar surface area (TPSA) is 140 Å². The second-order valence-corrected chi connectivity index (χ2v) is 7.62. The van der Waals surface area contributed by atoms with E-state index in [9.17, 15) is 29.7 Å². The minimum Gasteiger partial charge on any atom is -0.512 e. The number of hydrogen-bond acceptors (Lipinski definition) is 9. The lowest BCUT2D eigenvalue weighted by Gasteiger charge is -2.28. The molecule has 0 radical (unpaired) electrons. The predicted octanol–water partition coefficient (Wildman–Crippen LogP) is 1.41. The van der Waals surface area contributed by atoms with Gasteiger partial charge in [0.05, 0.1) is 23.9 Å². The molecule has 1 aliphatic heterocycles. The van der Waals surface area contributed by atoms with E-state index in [-0.39, 0.29) is 36.4 Å². The van der Waals surface area contributed by atoms with E-state index in [0.29, 0.717) is 17.6 Å². The van der Waals surface area contributed by atoms with Gasteiger partial charge in [0.15, 0.2) is 0 Å². The lowest BCUT2D eigenvalue weighted by molar-refractivity contribution is -0.151. The molecule has 3 N–H and O–H groups in total. The van der Waals surface area contributed by atoms with Crippen molar-refractivity contribution in [2.45, 2.75) is 51.4 Å². The number of hydrogen-bond donors (Lipinski definition) is 3. The van der Waals surface area contributed by atoms with Gasteiger partial charge in [-0.15, -0.1) is 0 Å². The van der Waals surface area contributed by atoms with Gasteiger partial charge >= 0.3 is 17.9 Å². The summed E-state index contributed by atoms with van der Waals surface area (Å²) >= 11 is 0. The summed E-state index contributed by atoms with van der Waals surface area (Å²) in [6.45, 7) is 9.35. The Balaban J connectivity index is 2.32. The Hall–Kier alpha value is -2.91. The summed E-state index contributed by atoms with van der Waals surface area (Å²) in [4.78, 5) is 35.7. The number of rotatable bonds is 6. The fourth-order valence-corrected chi connectivity index (χ4v) is 3.43. The minimum atomic E-state index is -1.47. The summed E-state index contributed by atoms with van der Waals surface area (Å²) in [6, 6.07) is 0. The molecule has 0 unspecified atom stereocenters. The Morgan fingerprint density at radius 2 is 2.03 bits per heavy atom. The third kappa shape index (κ3) is 6.05. The Kier molecular flexibility index (Phi) is 8.18. The monoisotopic (exact) mass is 436 g/mol. The van der Waals surface area contributed by atoms with Crippen molar-refractivity contribution in [3.05, 3.63) is 47.3 Å². The van der Waals surface area contributed by atoms with E-state index in [4.69, 9.17) is 9.47 Å². The van der Waals surface area contributed by atoms with Gasteiger partial charge in [-0.05, 0) is 30.6 Å². The molecule has 0 bridgehead atoms. The van der Waals surface area contributed by atoms with Crippen molar-refractivity contribution >= 4 is 17.9 Å². The van der Waals surface area contributed by atoms with Crippen molar-refractivity contribution < 1.29 is 43.9 Å². The van der Waals surface area contributed by atoms with Gasteiger partial charge in [-0.2, -0.15) is 0 Å². The maximum atomic E-state index is 12.6. The van der Waals surface area contributed by atoms with E-state index in [0.717, 1.165) is 6.92 Å². The van der Waals surface area contributed by atoms with Crippen molar-refractivity contribution in [3.63, 3.8) is 0 Å². The first-order chi connectivity index (χ1) is 14.5. The SMILES string of the molecule is C=C1C(=O)O[C@@H]2C=C(CO)CC/C(O)=C(/C)C[C@H](OC(=O)C(=C)[C@@H](O)COC(C)=O)[C@@H]12. The van der Waals surface area contributed by atoms with Crippen LogP contribution in [0.3, 0.4) is 0 Å². The molecule has 0 saturated carbocycles. The van der Waals surface area contributed by atoms with Crippen LogP contribution >= 0.6 is 0 Å².